The first-order chi connectivity index (χ1) is 15.3. The Kier molecular flexibility index (Phi) is 6.78. The normalized spacial score (nSPS) is 10.8. The molecule has 5 heteroatoms. The second-order valence-electron chi connectivity index (χ2n) is 6.54. The highest BCUT2D eigenvalue weighted by Gasteiger charge is 2.13. The number of fused-ring (bicyclic) bond motifs is 3. The summed E-state index contributed by atoms with van der Waals surface area (Å²) < 4.78 is 4.91. The van der Waals surface area contributed by atoms with Gasteiger partial charge in [-0.2, -0.15) is 0 Å². The van der Waals surface area contributed by atoms with Crippen molar-refractivity contribution in [1.82, 2.24) is 4.98 Å². The minimum Gasteiger partial charge on any atom is -0.423 e. The van der Waals surface area contributed by atoms with E-state index in [-0.39, 0.29) is 5.63 Å². The molecule has 152 valence electrons. The predicted molar refractivity (Wildman–Crippen MR) is 127 cm³/mol. The highest BCUT2D eigenvalue weighted by molar-refractivity contribution is 7.99. The van der Waals surface area contributed by atoms with Gasteiger partial charge < -0.3 is 9.73 Å². The van der Waals surface area contributed by atoms with E-state index in [1.165, 1.54) is 27.2 Å². The van der Waals surface area contributed by atoms with Crippen LogP contribution in [0.4, 0.5) is 11.4 Å². The highest BCUT2D eigenvalue weighted by atomic mass is 32.2. The lowest BCUT2D eigenvalue weighted by Gasteiger charge is -2.19. The van der Waals surface area contributed by atoms with Crippen LogP contribution in [0.1, 0.15) is 0 Å². The molecule has 0 amide bonds. The maximum absolute atomic E-state index is 10.7. The number of nitrogens with zero attached hydrogens (tertiary/aromatic N) is 1. The van der Waals surface area contributed by atoms with E-state index in [1.807, 2.05) is 48.2 Å². The molecule has 4 nitrogen and oxygen atoms in total. The van der Waals surface area contributed by atoms with Crippen LogP contribution in [0.3, 0.4) is 0 Å². The summed E-state index contributed by atoms with van der Waals surface area (Å²) in [6.07, 6.45) is 3.50. The van der Waals surface area contributed by atoms with E-state index >= 15 is 0 Å². The molecule has 1 N–H and O–H groups in total. The fraction of sp³-hybridized carbons (Fsp3) is 0. The molecular weight excluding hydrogens is 404 g/mol. The third kappa shape index (κ3) is 5.62. The topological polar surface area (TPSA) is 55.1 Å². The van der Waals surface area contributed by atoms with Crippen LogP contribution in [0.5, 0.6) is 0 Å². The van der Waals surface area contributed by atoms with Crippen molar-refractivity contribution in [2.24, 2.45) is 0 Å². The van der Waals surface area contributed by atoms with Crippen LogP contribution < -0.4 is 10.9 Å². The number of anilines is 2. The molecule has 0 unspecified atom stereocenters. The Balaban J connectivity index is 0.000000121. The molecule has 3 heterocycles. The monoisotopic (exact) mass is 424 g/mol. The summed E-state index contributed by atoms with van der Waals surface area (Å²) in [6.45, 7) is 0. The van der Waals surface area contributed by atoms with E-state index in [0.29, 0.717) is 5.58 Å². The summed E-state index contributed by atoms with van der Waals surface area (Å²) >= 11 is 1.82. The van der Waals surface area contributed by atoms with Gasteiger partial charge in [0, 0.05) is 33.6 Å². The molecule has 0 bridgehead atoms. The predicted octanol–water partition coefficient (Wildman–Crippen LogP) is 6.77. The van der Waals surface area contributed by atoms with E-state index in [2.05, 4.69) is 58.8 Å². The van der Waals surface area contributed by atoms with Gasteiger partial charge in [-0.25, -0.2) is 4.79 Å². The second kappa shape index (κ2) is 10.3. The van der Waals surface area contributed by atoms with Crippen molar-refractivity contribution in [3.8, 4) is 0 Å². The lowest BCUT2D eigenvalue weighted by molar-refractivity contribution is 0.561. The fourth-order valence-electron chi connectivity index (χ4n) is 2.91. The first kappa shape index (κ1) is 20.4. The van der Waals surface area contributed by atoms with Crippen molar-refractivity contribution in [3.63, 3.8) is 0 Å². The standard InChI is InChI=1S/C12H9NS.C9H6O2.C5H5N/c1-3-7-11-9(5-1)13-10-6-2-4-8-12(10)14-11;10-9-6-5-7-3-1-2-4-8(7)11-9;1-2-4-6-5-3-1/h1-8,13H;1-6H;1-5H. The molecule has 5 aromatic rings. The number of nitrogens with one attached hydrogen (secondary N) is 1. The molecule has 1 aliphatic heterocycles. The van der Waals surface area contributed by atoms with Gasteiger partial charge in [0.1, 0.15) is 5.58 Å². The van der Waals surface area contributed by atoms with Crippen LogP contribution in [0.25, 0.3) is 11.0 Å². The minimum absolute atomic E-state index is 0.302. The average molecular weight is 425 g/mol. The number of benzene rings is 3. The number of hydrogen-bond acceptors (Lipinski definition) is 5. The summed E-state index contributed by atoms with van der Waals surface area (Å²) in [5.74, 6) is 0. The summed E-state index contributed by atoms with van der Waals surface area (Å²) in [5, 5.41) is 4.37. The molecule has 0 fully saturated rings. The maximum atomic E-state index is 10.7. The number of hydrogen-bond donors (Lipinski definition) is 1. The van der Waals surface area contributed by atoms with Crippen LogP contribution >= 0.6 is 11.8 Å². The number of rotatable bonds is 0. The Morgan fingerprint density at radius 1 is 0.645 bits per heavy atom. The molecule has 0 saturated carbocycles. The third-order valence-corrected chi connectivity index (χ3v) is 5.51. The Morgan fingerprint density at radius 2 is 1.26 bits per heavy atom. The van der Waals surface area contributed by atoms with E-state index < -0.39 is 0 Å². The smallest absolute Gasteiger partial charge is 0.336 e. The van der Waals surface area contributed by atoms with Gasteiger partial charge in [-0.1, -0.05) is 60.3 Å². The van der Waals surface area contributed by atoms with E-state index in [9.17, 15) is 4.79 Å². The summed E-state index contributed by atoms with van der Waals surface area (Å²) in [7, 11) is 0. The van der Waals surface area contributed by atoms with Crippen LogP contribution in [0.15, 0.2) is 135 Å². The van der Waals surface area contributed by atoms with Gasteiger partial charge in [-0.3, -0.25) is 4.98 Å². The van der Waals surface area contributed by atoms with Crippen molar-refractivity contribution >= 4 is 34.1 Å². The summed E-state index contributed by atoms with van der Waals surface area (Å²) in [4.78, 5) is 17.1. The summed E-state index contributed by atoms with van der Waals surface area (Å²) in [6, 6.07) is 33.1. The number of aromatic nitrogens is 1. The number of pyridine rings is 1. The van der Waals surface area contributed by atoms with Crippen LogP contribution in [-0.2, 0) is 0 Å². The van der Waals surface area contributed by atoms with E-state index in [4.69, 9.17) is 4.42 Å². The van der Waals surface area contributed by atoms with Crippen LogP contribution in [-0.4, -0.2) is 4.98 Å². The van der Waals surface area contributed by atoms with E-state index in [1.54, 1.807) is 24.5 Å². The quantitative estimate of drug-likeness (QED) is 0.273. The van der Waals surface area contributed by atoms with Gasteiger partial charge >= 0.3 is 5.63 Å². The maximum Gasteiger partial charge on any atom is 0.336 e. The lowest BCUT2D eigenvalue weighted by Crippen LogP contribution is -1.98. The van der Waals surface area contributed by atoms with Gasteiger partial charge in [0.2, 0.25) is 0 Å². The summed E-state index contributed by atoms with van der Waals surface area (Å²) in [5.41, 5.74) is 2.75. The molecule has 31 heavy (non-hydrogen) atoms. The molecular formula is C26H20N2O2S. The zero-order chi connectivity index (χ0) is 21.3. The minimum atomic E-state index is -0.302. The highest BCUT2D eigenvalue weighted by Crippen LogP contribution is 2.43. The Labute approximate surface area is 184 Å². The molecule has 0 spiro atoms. The molecule has 0 atom stereocenters. The van der Waals surface area contributed by atoms with Gasteiger partial charge in [0.15, 0.2) is 0 Å². The van der Waals surface area contributed by atoms with Crippen molar-refractivity contribution in [1.29, 1.82) is 0 Å². The largest absolute Gasteiger partial charge is 0.423 e. The Hall–Kier alpha value is -3.83. The first-order valence-electron chi connectivity index (χ1n) is 9.76. The van der Waals surface area contributed by atoms with Gasteiger partial charge in [0.05, 0.1) is 11.4 Å². The average Bonchev–Trinajstić information content (AvgIpc) is 2.84. The molecule has 0 radical (unpaired) electrons. The fourth-order valence-corrected chi connectivity index (χ4v) is 3.89. The van der Waals surface area contributed by atoms with Crippen LogP contribution in [0, 0.1) is 0 Å². The van der Waals surface area contributed by atoms with Crippen molar-refractivity contribution in [3.05, 3.63) is 126 Å². The Bertz CT molecular complexity index is 1210. The second-order valence-corrected chi connectivity index (χ2v) is 7.62. The van der Waals surface area contributed by atoms with Crippen molar-refractivity contribution in [2.75, 3.05) is 5.32 Å². The molecule has 0 saturated heterocycles. The van der Waals surface area contributed by atoms with Gasteiger partial charge in [-0.15, -0.1) is 0 Å². The molecule has 6 rings (SSSR count). The molecule has 2 aromatic heterocycles. The molecule has 3 aromatic carbocycles. The molecule has 1 aliphatic rings. The first-order valence-corrected chi connectivity index (χ1v) is 10.6. The number of para-hydroxylation sites is 3. The van der Waals surface area contributed by atoms with Crippen LogP contribution in [0.2, 0.25) is 0 Å². The zero-order valence-electron chi connectivity index (χ0n) is 16.6. The van der Waals surface area contributed by atoms with Crippen molar-refractivity contribution in [2.45, 2.75) is 9.79 Å². The SMILES string of the molecule is O=c1ccc2ccccc2o1.c1ccc2c(c1)Nc1ccccc1S2.c1ccncc1. The molecule has 0 aliphatic carbocycles. The zero-order valence-corrected chi connectivity index (χ0v) is 17.5. The lowest BCUT2D eigenvalue weighted by atomic mass is 10.2. The van der Waals surface area contributed by atoms with Gasteiger partial charge in [0.25, 0.3) is 0 Å². The Morgan fingerprint density at radius 3 is 1.87 bits per heavy atom. The third-order valence-electron chi connectivity index (χ3n) is 4.36. The van der Waals surface area contributed by atoms with E-state index in [0.717, 1.165) is 5.39 Å². The van der Waals surface area contributed by atoms with Gasteiger partial charge in [-0.05, 0) is 48.5 Å². The van der Waals surface area contributed by atoms with Crippen molar-refractivity contribution < 1.29 is 4.42 Å².